The smallest absolute Gasteiger partial charge is 0.408 e. The molecule has 0 aliphatic carbocycles. The number of alkyl carbamates (subject to hydrolysis) is 1. The van der Waals surface area contributed by atoms with Gasteiger partial charge in [0.25, 0.3) is 0 Å². The van der Waals surface area contributed by atoms with Crippen LogP contribution in [0.3, 0.4) is 0 Å². The number of likely N-dealkylation sites (N-methyl/N-ethyl adjacent to an activating group) is 1. The van der Waals surface area contributed by atoms with E-state index in [1.807, 2.05) is 43.3 Å². The number of nitrogens with zero attached hydrogens (tertiary/aromatic N) is 1. The van der Waals surface area contributed by atoms with E-state index in [2.05, 4.69) is 5.32 Å². The fraction of sp³-hybridized carbons (Fsp3) is 0.391. The lowest BCUT2D eigenvalue weighted by molar-refractivity contribution is -0.133. The minimum absolute atomic E-state index is 0.0361. The summed E-state index contributed by atoms with van der Waals surface area (Å²) >= 11 is 0. The van der Waals surface area contributed by atoms with Gasteiger partial charge in [-0.2, -0.15) is 0 Å². The number of carbonyl (C=O) groups excluding carboxylic acids is 2. The third-order valence-corrected chi connectivity index (χ3v) is 6.06. The molecule has 1 unspecified atom stereocenters. The Balaban J connectivity index is 1.67. The van der Waals surface area contributed by atoms with Crippen LogP contribution in [0, 0.1) is 0 Å². The van der Waals surface area contributed by atoms with Gasteiger partial charge < -0.3 is 24.4 Å². The predicted octanol–water partition coefficient (Wildman–Crippen LogP) is 2.49. The van der Waals surface area contributed by atoms with Crippen LogP contribution in [0.4, 0.5) is 4.79 Å². The first-order valence-corrected chi connectivity index (χ1v) is 12.6. The lowest BCUT2D eigenvalue weighted by atomic mass is 10.1. The second kappa shape index (κ2) is 11.0. The molecule has 1 aliphatic rings. The zero-order chi connectivity index (χ0) is 23.8. The van der Waals surface area contributed by atoms with Crippen LogP contribution >= 0.6 is 0 Å². The first kappa shape index (κ1) is 24.4. The minimum atomic E-state index is -3.34. The highest BCUT2D eigenvalue weighted by Gasteiger charge is 2.27. The van der Waals surface area contributed by atoms with E-state index in [0.29, 0.717) is 18.0 Å². The average molecular weight is 477 g/mol. The Hall–Kier alpha value is -3.27. The van der Waals surface area contributed by atoms with Crippen molar-refractivity contribution in [2.75, 3.05) is 25.3 Å². The molecule has 0 saturated heterocycles. The molecule has 1 heterocycles. The summed E-state index contributed by atoms with van der Waals surface area (Å²) in [5.41, 5.74) is 1.62. The van der Waals surface area contributed by atoms with Crippen LogP contribution in [0.2, 0.25) is 0 Å². The SMILES string of the molecule is CCN(Cc1ccc2c(c1)OCO2)C(=O)C(CCS(C)(=O)=O)NC(=O)OCc1ccccc1. The normalized spacial score (nSPS) is 13.3. The molecule has 2 aromatic carbocycles. The van der Waals surface area contributed by atoms with Gasteiger partial charge in [-0.3, -0.25) is 4.79 Å². The lowest BCUT2D eigenvalue weighted by Crippen LogP contribution is -2.49. The van der Waals surface area contributed by atoms with E-state index in [0.717, 1.165) is 17.4 Å². The first-order chi connectivity index (χ1) is 15.7. The van der Waals surface area contributed by atoms with Gasteiger partial charge in [-0.25, -0.2) is 13.2 Å². The molecule has 0 bridgehead atoms. The summed E-state index contributed by atoms with van der Waals surface area (Å²) in [5.74, 6) is 0.605. The van der Waals surface area contributed by atoms with Crippen molar-refractivity contribution < 1.29 is 32.2 Å². The molecule has 178 valence electrons. The maximum Gasteiger partial charge on any atom is 0.408 e. The molecular weight excluding hydrogens is 448 g/mol. The van der Waals surface area contributed by atoms with Gasteiger partial charge in [-0.1, -0.05) is 36.4 Å². The third kappa shape index (κ3) is 7.38. The topological polar surface area (TPSA) is 111 Å². The lowest BCUT2D eigenvalue weighted by Gasteiger charge is -2.27. The highest BCUT2D eigenvalue weighted by atomic mass is 32.2. The molecule has 1 atom stereocenters. The second-order valence-corrected chi connectivity index (χ2v) is 9.98. The Bertz CT molecular complexity index is 1070. The van der Waals surface area contributed by atoms with E-state index in [1.165, 1.54) is 0 Å². The quantitative estimate of drug-likeness (QED) is 0.561. The van der Waals surface area contributed by atoms with E-state index >= 15 is 0 Å². The second-order valence-electron chi connectivity index (χ2n) is 7.72. The number of ether oxygens (including phenoxy) is 3. The maximum absolute atomic E-state index is 13.2. The standard InChI is InChI=1S/C23H28N2O7S/c1-3-25(14-18-9-10-20-21(13-18)32-16-31-20)22(26)19(11-12-33(2,28)29)24-23(27)30-15-17-7-5-4-6-8-17/h4-10,13,19H,3,11-12,14-16H2,1-2H3,(H,24,27). The Morgan fingerprint density at radius 1 is 1.09 bits per heavy atom. The molecule has 0 radical (unpaired) electrons. The van der Waals surface area contributed by atoms with Gasteiger partial charge in [0.1, 0.15) is 22.5 Å². The van der Waals surface area contributed by atoms with Gasteiger partial charge in [-0.05, 0) is 36.6 Å². The largest absolute Gasteiger partial charge is 0.454 e. The summed E-state index contributed by atoms with van der Waals surface area (Å²) < 4.78 is 39.3. The van der Waals surface area contributed by atoms with Crippen LogP contribution in [0.15, 0.2) is 48.5 Å². The fourth-order valence-electron chi connectivity index (χ4n) is 3.32. The molecule has 0 fully saturated rings. The Kier molecular flexibility index (Phi) is 8.16. The summed E-state index contributed by atoms with van der Waals surface area (Å²) in [6.07, 6.45) is 0.243. The van der Waals surface area contributed by atoms with Crippen LogP contribution in [0.1, 0.15) is 24.5 Å². The molecule has 33 heavy (non-hydrogen) atoms. The van der Waals surface area contributed by atoms with Gasteiger partial charge in [-0.15, -0.1) is 0 Å². The minimum Gasteiger partial charge on any atom is -0.454 e. The predicted molar refractivity (Wildman–Crippen MR) is 122 cm³/mol. The molecule has 10 heteroatoms. The van der Waals surface area contributed by atoms with E-state index in [-0.39, 0.29) is 32.1 Å². The van der Waals surface area contributed by atoms with Crippen molar-refractivity contribution in [3.63, 3.8) is 0 Å². The van der Waals surface area contributed by atoms with Crippen LogP contribution in [-0.4, -0.2) is 56.7 Å². The zero-order valence-corrected chi connectivity index (χ0v) is 19.5. The number of sulfone groups is 1. The van der Waals surface area contributed by atoms with Gasteiger partial charge in [0, 0.05) is 19.3 Å². The molecule has 0 aromatic heterocycles. The number of amides is 2. The zero-order valence-electron chi connectivity index (χ0n) is 18.7. The van der Waals surface area contributed by atoms with Gasteiger partial charge >= 0.3 is 6.09 Å². The molecule has 0 saturated carbocycles. The van der Waals surface area contributed by atoms with Crippen LogP contribution in [0.25, 0.3) is 0 Å². The van der Waals surface area contributed by atoms with Gasteiger partial charge in [0.15, 0.2) is 11.5 Å². The third-order valence-electron chi connectivity index (χ3n) is 5.08. The Morgan fingerprint density at radius 2 is 1.82 bits per heavy atom. The van der Waals surface area contributed by atoms with Gasteiger partial charge in [0.2, 0.25) is 12.7 Å². The van der Waals surface area contributed by atoms with Crippen molar-refractivity contribution in [3.8, 4) is 11.5 Å². The fourth-order valence-corrected chi connectivity index (χ4v) is 3.99. The monoisotopic (exact) mass is 476 g/mol. The molecule has 1 N–H and O–H groups in total. The summed E-state index contributed by atoms with van der Waals surface area (Å²) in [6.45, 7) is 2.63. The number of benzene rings is 2. The van der Waals surface area contributed by atoms with Crippen molar-refractivity contribution >= 4 is 21.8 Å². The summed E-state index contributed by atoms with van der Waals surface area (Å²) in [5, 5.41) is 2.54. The summed E-state index contributed by atoms with van der Waals surface area (Å²) in [7, 11) is -3.34. The van der Waals surface area contributed by atoms with Gasteiger partial charge in [0.05, 0.1) is 5.75 Å². The summed E-state index contributed by atoms with van der Waals surface area (Å²) in [4.78, 5) is 27.2. The number of hydrogen-bond donors (Lipinski definition) is 1. The Morgan fingerprint density at radius 3 is 2.52 bits per heavy atom. The van der Waals surface area contributed by atoms with E-state index in [4.69, 9.17) is 14.2 Å². The molecule has 3 rings (SSSR count). The molecule has 1 aliphatic heterocycles. The van der Waals surface area contributed by atoms with Crippen molar-refractivity contribution in [2.24, 2.45) is 0 Å². The van der Waals surface area contributed by atoms with Crippen LogP contribution < -0.4 is 14.8 Å². The van der Waals surface area contributed by atoms with Crippen molar-refractivity contribution in [1.29, 1.82) is 0 Å². The van der Waals surface area contributed by atoms with E-state index in [1.54, 1.807) is 17.0 Å². The van der Waals surface area contributed by atoms with Crippen LogP contribution in [-0.2, 0) is 32.5 Å². The number of hydrogen-bond acceptors (Lipinski definition) is 7. The number of carbonyl (C=O) groups is 2. The van der Waals surface area contributed by atoms with Crippen molar-refractivity contribution in [1.82, 2.24) is 10.2 Å². The summed E-state index contributed by atoms with van der Waals surface area (Å²) in [6, 6.07) is 13.5. The highest BCUT2D eigenvalue weighted by molar-refractivity contribution is 7.90. The average Bonchev–Trinajstić information content (AvgIpc) is 3.26. The molecular formula is C23H28N2O7S. The van der Waals surface area contributed by atoms with E-state index in [9.17, 15) is 18.0 Å². The molecule has 9 nitrogen and oxygen atoms in total. The van der Waals surface area contributed by atoms with Crippen LogP contribution in [0.5, 0.6) is 11.5 Å². The first-order valence-electron chi connectivity index (χ1n) is 10.6. The van der Waals surface area contributed by atoms with E-state index < -0.39 is 27.9 Å². The van der Waals surface area contributed by atoms with Crippen molar-refractivity contribution in [2.45, 2.75) is 32.5 Å². The van der Waals surface area contributed by atoms with Crippen molar-refractivity contribution in [3.05, 3.63) is 59.7 Å². The number of fused-ring (bicyclic) bond motifs is 1. The molecule has 2 amide bonds. The number of nitrogens with one attached hydrogen (secondary N) is 1. The number of rotatable bonds is 10. The Labute approximate surface area is 193 Å². The highest BCUT2D eigenvalue weighted by Crippen LogP contribution is 2.32. The maximum atomic E-state index is 13.2. The molecule has 2 aromatic rings. The molecule has 0 spiro atoms.